The van der Waals surface area contributed by atoms with Crippen molar-refractivity contribution in [3.8, 4) is 6.07 Å². The molecule has 5 heteroatoms. The normalized spacial score (nSPS) is 13.9. The number of aldehydes is 1. The SMILES string of the molecule is COC(Cl)(C=O)Cc1c[c]c(F)cc1C#N. The van der Waals surface area contributed by atoms with Gasteiger partial charge in [0.25, 0.3) is 0 Å². The van der Waals surface area contributed by atoms with Crippen LogP contribution in [0.4, 0.5) is 4.39 Å². The van der Waals surface area contributed by atoms with Crippen LogP contribution in [0.2, 0.25) is 0 Å². The van der Waals surface area contributed by atoms with E-state index in [4.69, 9.17) is 21.6 Å². The van der Waals surface area contributed by atoms with E-state index in [1.165, 1.54) is 13.2 Å². The second-order valence-corrected chi connectivity index (χ2v) is 3.76. The Labute approximate surface area is 97.4 Å². The molecule has 0 N–H and O–H groups in total. The number of rotatable bonds is 4. The third-order valence-corrected chi connectivity index (χ3v) is 2.45. The molecule has 0 saturated heterocycles. The molecule has 0 saturated carbocycles. The first-order chi connectivity index (χ1) is 7.54. The highest BCUT2D eigenvalue weighted by Crippen LogP contribution is 2.22. The summed E-state index contributed by atoms with van der Waals surface area (Å²) in [5, 5.41) is 7.25. The summed E-state index contributed by atoms with van der Waals surface area (Å²) in [4.78, 5) is 10.7. The minimum atomic E-state index is -1.53. The van der Waals surface area contributed by atoms with Crippen molar-refractivity contribution < 1.29 is 13.9 Å². The summed E-state index contributed by atoms with van der Waals surface area (Å²) in [5.41, 5.74) is 0.521. The number of nitrogens with zero attached hydrogens (tertiary/aromatic N) is 1. The van der Waals surface area contributed by atoms with Crippen LogP contribution in [0, 0.1) is 23.2 Å². The third-order valence-electron chi connectivity index (χ3n) is 2.07. The summed E-state index contributed by atoms with van der Waals surface area (Å²) in [5.74, 6) is -0.635. The number of benzene rings is 1. The van der Waals surface area contributed by atoms with Crippen molar-refractivity contribution in [3.05, 3.63) is 35.1 Å². The number of carbonyl (C=O) groups is 1. The molecule has 0 fully saturated rings. The minimum absolute atomic E-state index is 0.0196. The summed E-state index contributed by atoms with van der Waals surface area (Å²) in [6, 6.07) is 6.43. The minimum Gasteiger partial charge on any atom is -0.356 e. The fourth-order valence-electron chi connectivity index (χ4n) is 1.17. The molecular formula is C11H8ClFNO2. The molecule has 0 aliphatic heterocycles. The van der Waals surface area contributed by atoms with Crippen molar-refractivity contribution in [1.82, 2.24) is 0 Å². The van der Waals surface area contributed by atoms with Gasteiger partial charge < -0.3 is 4.74 Å². The Morgan fingerprint density at radius 2 is 2.50 bits per heavy atom. The van der Waals surface area contributed by atoms with Gasteiger partial charge in [0, 0.05) is 19.6 Å². The number of ether oxygens (including phenoxy) is 1. The number of hydrogen-bond acceptors (Lipinski definition) is 3. The van der Waals surface area contributed by atoms with Crippen LogP contribution in [0.25, 0.3) is 0 Å². The Hall–Kier alpha value is -1.44. The standard InChI is InChI=1S/C11H8ClFNO2/c1-16-11(12,7-15)5-8-2-3-10(13)4-9(8)6-14/h2,4,7H,5H2,1H3. The molecular weight excluding hydrogens is 233 g/mol. The highest BCUT2D eigenvalue weighted by atomic mass is 35.5. The average Bonchev–Trinajstić information content (AvgIpc) is 2.31. The molecule has 0 aromatic heterocycles. The topological polar surface area (TPSA) is 50.1 Å². The van der Waals surface area contributed by atoms with E-state index in [2.05, 4.69) is 6.07 Å². The van der Waals surface area contributed by atoms with Gasteiger partial charge in [-0.1, -0.05) is 11.6 Å². The number of methoxy groups -OCH3 is 1. The van der Waals surface area contributed by atoms with Crippen LogP contribution in [-0.2, 0) is 16.0 Å². The first-order valence-corrected chi connectivity index (χ1v) is 4.73. The Balaban J connectivity index is 3.06. The molecule has 1 aromatic rings. The Morgan fingerprint density at radius 1 is 1.81 bits per heavy atom. The van der Waals surface area contributed by atoms with Crippen LogP contribution in [0.15, 0.2) is 12.1 Å². The van der Waals surface area contributed by atoms with Crippen molar-refractivity contribution in [1.29, 1.82) is 5.26 Å². The van der Waals surface area contributed by atoms with E-state index >= 15 is 0 Å². The predicted octanol–water partition coefficient (Wildman–Crippen LogP) is 1.82. The third kappa shape index (κ3) is 2.78. The maximum Gasteiger partial charge on any atom is 0.200 e. The zero-order valence-corrected chi connectivity index (χ0v) is 9.21. The molecule has 0 bridgehead atoms. The number of nitriles is 1. The van der Waals surface area contributed by atoms with E-state index in [0.29, 0.717) is 11.8 Å². The van der Waals surface area contributed by atoms with Crippen LogP contribution in [-0.4, -0.2) is 18.5 Å². The Kier molecular flexibility index (Phi) is 3.99. The van der Waals surface area contributed by atoms with Gasteiger partial charge in [0.2, 0.25) is 5.06 Å². The first-order valence-electron chi connectivity index (χ1n) is 4.35. The Morgan fingerprint density at radius 3 is 3.00 bits per heavy atom. The van der Waals surface area contributed by atoms with Crippen LogP contribution >= 0.6 is 11.6 Å². The van der Waals surface area contributed by atoms with Gasteiger partial charge >= 0.3 is 0 Å². The lowest BCUT2D eigenvalue weighted by Gasteiger charge is -2.18. The molecule has 16 heavy (non-hydrogen) atoms. The van der Waals surface area contributed by atoms with Gasteiger partial charge in [-0.3, -0.25) is 4.79 Å². The molecule has 1 atom stereocenters. The smallest absolute Gasteiger partial charge is 0.200 e. The summed E-state index contributed by atoms with van der Waals surface area (Å²) in [6.45, 7) is 0. The van der Waals surface area contributed by atoms with Gasteiger partial charge in [-0.15, -0.1) is 0 Å². The molecule has 0 heterocycles. The molecule has 0 aliphatic carbocycles. The van der Waals surface area contributed by atoms with Gasteiger partial charge in [0.1, 0.15) is 5.82 Å². The predicted molar refractivity (Wildman–Crippen MR) is 55.3 cm³/mol. The van der Waals surface area contributed by atoms with Crippen molar-refractivity contribution >= 4 is 17.9 Å². The average molecular weight is 241 g/mol. The van der Waals surface area contributed by atoms with Gasteiger partial charge in [-0.2, -0.15) is 5.26 Å². The summed E-state index contributed by atoms with van der Waals surface area (Å²) in [7, 11) is 1.28. The van der Waals surface area contributed by atoms with Crippen LogP contribution in [0.1, 0.15) is 11.1 Å². The first kappa shape index (κ1) is 12.6. The number of hydrogen-bond donors (Lipinski definition) is 0. The van der Waals surface area contributed by atoms with Crippen LogP contribution in [0.5, 0.6) is 0 Å². The second-order valence-electron chi connectivity index (χ2n) is 3.12. The van der Waals surface area contributed by atoms with E-state index in [0.717, 1.165) is 6.07 Å². The van der Waals surface area contributed by atoms with Crippen molar-refractivity contribution in [2.45, 2.75) is 11.5 Å². The zero-order chi connectivity index (χ0) is 12.2. The second kappa shape index (κ2) is 5.06. The fourth-order valence-corrected chi connectivity index (χ4v) is 1.31. The molecule has 1 unspecified atom stereocenters. The number of carbonyl (C=O) groups excluding carboxylic acids is 1. The lowest BCUT2D eigenvalue weighted by Crippen LogP contribution is -2.29. The Bertz CT molecular complexity index is 444. The zero-order valence-electron chi connectivity index (χ0n) is 8.46. The summed E-state index contributed by atoms with van der Waals surface area (Å²) in [6.07, 6.45) is 0.410. The number of alkyl halides is 1. The van der Waals surface area contributed by atoms with Gasteiger partial charge in [-0.05, 0) is 17.7 Å². The lowest BCUT2D eigenvalue weighted by molar-refractivity contribution is -0.119. The number of halogens is 2. The molecule has 3 nitrogen and oxygen atoms in total. The van der Waals surface area contributed by atoms with Gasteiger partial charge in [0.05, 0.1) is 11.6 Å². The summed E-state index contributed by atoms with van der Waals surface area (Å²) < 4.78 is 17.6. The molecule has 1 radical (unpaired) electrons. The highest BCUT2D eigenvalue weighted by molar-refractivity contribution is 6.30. The van der Waals surface area contributed by atoms with Crippen LogP contribution < -0.4 is 0 Å². The molecule has 83 valence electrons. The van der Waals surface area contributed by atoms with E-state index in [1.54, 1.807) is 0 Å². The molecule has 1 rings (SSSR count). The van der Waals surface area contributed by atoms with Crippen molar-refractivity contribution in [2.24, 2.45) is 0 Å². The lowest BCUT2D eigenvalue weighted by atomic mass is 10.0. The van der Waals surface area contributed by atoms with Crippen molar-refractivity contribution in [2.75, 3.05) is 7.11 Å². The summed E-state index contributed by atoms with van der Waals surface area (Å²) >= 11 is 5.80. The van der Waals surface area contributed by atoms with Crippen LogP contribution in [0.3, 0.4) is 0 Å². The van der Waals surface area contributed by atoms with E-state index in [-0.39, 0.29) is 12.0 Å². The van der Waals surface area contributed by atoms with E-state index in [1.807, 2.05) is 6.07 Å². The molecule has 0 spiro atoms. The largest absolute Gasteiger partial charge is 0.356 e. The van der Waals surface area contributed by atoms with Crippen molar-refractivity contribution in [3.63, 3.8) is 0 Å². The fraction of sp³-hybridized carbons (Fsp3) is 0.273. The van der Waals surface area contributed by atoms with Gasteiger partial charge in [0.15, 0.2) is 6.29 Å². The maximum atomic E-state index is 12.8. The molecule has 1 aromatic carbocycles. The highest BCUT2D eigenvalue weighted by Gasteiger charge is 2.27. The quantitative estimate of drug-likeness (QED) is 0.596. The maximum absolute atomic E-state index is 12.8. The van der Waals surface area contributed by atoms with Gasteiger partial charge in [-0.25, -0.2) is 4.39 Å². The molecule has 0 aliphatic rings. The molecule has 0 amide bonds. The van der Waals surface area contributed by atoms with E-state index < -0.39 is 10.9 Å². The monoisotopic (exact) mass is 240 g/mol. The van der Waals surface area contributed by atoms with E-state index in [9.17, 15) is 9.18 Å².